The lowest BCUT2D eigenvalue weighted by Gasteiger charge is -2.32. The van der Waals surface area contributed by atoms with Crippen molar-refractivity contribution in [2.24, 2.45) is 10.8 Å². The quantitative estimate of drug-likeness (QED) is 0.369. The summed E-state index contributed by atoms with van der Waals surface area (Å²) in [7, 11) is 0. The summed E-state index contributed by atoms with van der Waals surface area (Å²) in [4.78, 5) is 2.37. The summed E-state index contributed by atoms with van der Waals surface area (Å²) in [5, 5.41) is 3.02. The Labute approximate surface area is 68.4 Å². The molecule has 0 aromatic heterocycles. The normalized spacial score (nSPS) is 33.9. The lowest BCUT2D eigenvalue weighted by Crippen LogP contribution is -2.49. The first-order valence-electron chi connectivity index (χ1n) is 3.75. The van der Waals surface area contributed by atoms with Gasteiger partial charge in [-0.3, -0.25) is 0 Å². The van der Waals surface area contributed by atoms with Gasteiger partial charge in [-0.15, -0.1) is 0 Å². The Hall–Kier alpha value is -0.870. The van der Waals surface area contributed by atoms with Crippen LogP contribution in [0.2, 0.25) is 0 Å². The number of alkyl halides is 2. The van der Waals surface area contributed by atoms with Gasteiger partial charge in [-0.1, -0.05) is 5.11 Å². The van der Waals surface area contributed by atoms with E-state index in [4.69, 9.17) is 11.3 Å². The maximum atomic E-state index is 13.0. The summed E-state index contributed by atoms with van der Waals surface area (Å²) in [6, 6.07) is -2.07. The van der Waals surface area contributed by atoms with E-state index >= 15 is 0 Å². The summed E-state index contributed by atoms with van der Waals surface area (Å²) in [5.74, 6) is -2.93. The second-order valence-corrected chi connectivity index (χ2v) is 2.97. The average molecular weight is 176 g/mol. The van der Waals surface area contributed by atoms with Crippen LogP contribution in [0.15, 0.2) is 5.11 Å². The van der Waals surface area contributed by atoms with Crippen LogP contribution in [0.4, 0.5) is 8.78 Å². The number of hydrogen-bond acceptors (Lipinski definition) is 2. The molecule has 1 rings (SSSR count). The molecule has 0 radical (unpaired) electrons. The number of halogens is 2. The summed E-state index contributed by atoms with van der Waals surface area (Å²) in [6.45, 7) is 0. The Morgan fingerprint density at radius 2 is 2.25 bits per heavy atom. The minimum atomic E-state index is -2.93. The fourth-order valence-electron chi connectivity index (χ4n) is 1.42. The Morgan fingerprint density at radius 1 is 1.58 bits per heavy atom. The molecule has 0 spiro atoms. The van der Waals surface area contributed by atoms with Crippen LogP contribution in [-0.2, 0) is 0 Å². The van der Waals surface area contributed by atoms with Gasteiger partial charge in [-0.05, 0) is 18.4 Å². The number of azide groups is 1. The Balaban J connectivity index is 2.80. The Bertz CT molecular complexity index is 212. The summed E-state index contributed by atoms with van der Waals surface area (Å²) < 4.78 is 25.9. The SMILES string of the molecule is [N-]=[N+]=N[C@@H]1C(N)CCCC1(F)F. The van der Waals surface area contributed by atoms with E-state index in [1.165, 1.54) is 0 Å². The molecule has 12 heavy (non-hydrogen) atoms. The molecule has 1 aliphatic carbocycles. The van der Waals surface area contributed by atoms with Crippen LogP contribution in [-0.4, -0.2) is 18.0 Å². The van der Waals surface area contributed by atoms with Crippen molar-refractivity contribution in [1.82, 2.24) is 0 Å². The van der Waals surface area contributed by atoms with Crippen LogP contribution < -0.4 is 5.73 Å². The molecule has 6 heteroatoms. The monoisotopic (exact) mass is 176 g/mol. The smallest absolute Gasteiger partial charge is 0.258 e. The highest BCUT2D eigenvalue weighted by Gasteiger charge is 2.45. The van der Waals surface area contributed by atoms with Crippen LogP contribution >= 0.6 is 0 Å². The van der Waals surface area contributed by atoms with E-state index in [0.29, 0.717) is 12.8 Å². The van der Waals surface area contributed by atoms with E-state index in [2.05, 4.69) is 10.0 Å². The van der Waals surface area contributed by atoms with Gasteiger partial charge in [-0.2, -0.15) is 0 Å². The number of nitrogens with two attached hydrogens (primary N) is 1. The van der Waals surface area contributed by atoms with E-state index in [0.717, 1.165) is 0 Å². The highest BCUT2D eigenvalue weighted by Crippen LogP contribution is 2.34. The topological polar surface area (TPSA) is 74.8 Å². The van der Waals surface area contributed by atoms with E-state index in [9.17, 15) is 8.78 Å². The molecule has 0 saturated heterocycles. The standard InChI is InChI=1S/C6H10F2N4/c7-6(8)3-1-2-4(9)5(6)11-12-10/h4-5H,1-3,9H2/t4?,5-/m1/s1. The predicted octanol–water partition coefficient (Wildman–Crippen LogP) is 1.81. The van der Waals surface area contributed by atoms with Crippen molar-refractivity contribution in [3.63, 3.8) is 0 Å². The molecule has 1 unspecified atom stereocenters. The molecule has 1 aliphatic rings. The number of rotatable bonds is 1. The first-order chi connectivity index (χ1) is 5.58. The first kappa shape index (κ1) is 9.22. The average Bonchev–Trinajstić information content (AvgIpc) is 1.97. The lowest BCUT2D eigenvalue weighted by atomic mass is 9.88. The van der Waals surface area contributed by atoms with E-state index < -0.39 is 18.0 Å². The second kappa shape index (κ2) is 3.25. The maximum absolute atomic E-state index is 13.0. The van der Waals surface area contributed by atoms with E-state index in [1.54, 1.807) is 0 Å². The first-order valence-corrected chi connectivity index (χ1v) is 3.75. The number of hydrogen-bond donors (Lipinski definition) is 1. The van der Waals surface area contributed by atoms with Crippen LogP contribution in [0.5, 0.6) is 0 Å². The molecule has 0 amide bonds. The molecule has 0 heterocycles. The third kappa shape index (κ3) is 1.65. The van der Waals surface area contributed by atoms with Crippen molar-refractivity contribution in [3.05, 3.63) is 10.4 Å². The largest absolute Gasteiger partial charge is 0.327 e. The van der Waals surface area contributed by atoms with Crippen molar-refractivity contribution in [2.45, 2.75) is 37.3 Å². The molecule has 1 fully saturated rings. The molecule has 0 bridgehead atoms. The zero-order valence-electron chi connectivity index (χ0n) is 6.45. The summed E-state index contributed by atoms with van der Waals surface area (Å²) >= 11 is 0. The minimum absolute atomic E-state index is 0.232. The van der Waals surface area contributed by atoms with Gasteiger partial charge in [0.25, 0.3) is 5.92 Å². The lowest BCUT2D eigenvalue weighted by molar-refractivity contribution is -0.0576. The third-order valence-corrected chi connectivity index (χ3v) is 2.06. The molecule has 2 atom stereocenters. The van der Waals surface area contributed by atoms with Gasteiger partial charge in [0.05, 0.1) is 0 Å². The van der Waals surface area contributed by atoms with Crippen molar-refractivity contribution < 1.29 is 8.78 Å². The summed E-state index contributed by atoms with van der Waals surface area (Å²) in [5.41, 5.74) is 13.4. The van der Waals surface area contributed by atoms with Gasteiger partial charge in [0.2, 0.25) is 0 Å². The van der Waals surface area contributed by atoms with Crippen LogP contribution in [0, 0.1) is 0 Å². The second-order valence-electron chi connectivity index (χ2n) is 2.97. The fraction of sp³-hybridized carbons (Fsp3) is 1.00. The molecule has 1 saturated carbocycles. The zero-order chi connectivity index (χ0) is 9.19. The zero-order valence-corrected chi connectivity index (χ0v) is 6.45. The number of nitrogens with zero attached hydrogens (tertiary/aromatic N) is 3. The molecule has 0 aromatic carbocycles. The summed E-state index contributed by atoms with van der Waals surface area (Å²) in [6.07, 6.45) is 0.662. The molecule has 0 aliphatic heterocycles. The Kier molecular flexibility index (Phi) is 2.49. The van der Waals surface area contributed by atoms with Gasteiger partial charge in [-0.25, -0.2) is 8.78 Å². The molecule has 0 aromatic rings. The van der Waals surface area contributed by atoms with Crippen molar-refractivity contribution >= 4 is 0 Å². The molecular weight excluding hydrogens is 166 g/mol. The maximum Gasteiger partial charge on any atom is 0.258 e. The van der Waals surface area contributed by atoms with Crippen molar-refractivity contribution in [3.8, 4) is 0 Å². The third-order valence-electron chi connectivity index (χ3n) is 2.06. The van der Waals surface area contributed by atoms with Crippen LogP contribution in [0.25, 0.3) is 10.4 Å². The Morgan fingerprint density at radius 3 is 2.75 bits per heavy atom. The van der Waals surface area contributed by atoms with Crippen molar-refractivity contribution in [2.75, 3.05) is 0 Å². The van der Waals surface area contributed by atoms with Crippen molar-refractivity contribution in [1.29, 1.82) is 0 Å². The highest BCUT2D eigenvalue weighted by molar-refractivity contribution is 4.95. The molecular formula is C6H10F2N4. The minimum Gasteiger partial charge on any atom is -0.327 e. The van der Waals surface area contributed by atoms with E-state index in [1.807, 2.05) is 0 Å². The highest BCUT2D eigenvalue weighted by atomic mass is 19.3. The van der Waals surface area contributed by atoms with Gasteiger partial charge in [0, 0.05) is 17.4 Å². The van der Waals surface area contributed by atoms with Gasteiger partial charge in [0.1, 0.15) is 6.04 Å². The van der Waals surface area contributed by atoms with Crippen LogP contribution in [0.3, 0.4) is 0 Å². The molecule has 68 valence electrons. The fourth-order valence-corrected chi connectivity index (χ4v) is 1.42. The molecule has 2 N–H and O–H groups in total. The molecule has 4 nitrogen and oxygen atoms in total. The van der Waals surface area contributed by atoms with Gasteiger partial charge < -0.3 is 5.73 Å². The predicted molar refractivity (Wildman–Crippen MR) is 39.7 cm³/mol. The van der Waals surface area contributed by atoms with Gasteiger partial charge >= 0.3 is 0 Å². The van der Waals surface area contributed by atoms with E-state index in [-0.39, 0.29) is 6.42 Å². The van der Waals surface area contributed by atoms with Gasteiger partial charge in [0.15, 0.2) is 0 Å². The van der Waals surface area contributed by atoms with Crippen LogP contribution in [0.1, 0.15) is 19.3 Å².